The van der Waals surface area contributed by atoms with Gasteiger partial charge in [-0.15, -0.1) is 0 Å². The number of hydrogen-bond donors (Lipinski definition) is 1. The molecule has 3 rings (SSSR count). The Labute approximate surface area is 171 Å². The maximum absolute atomic E-state index is 12.8. The summed E-state index contributed by atoms with van der Waals surface area (Å²) in [6, 6.07) is 11.8. The van der Waals surface area contributed by atoms with Crippen molar-refractivity contribution in [3.8, 4) is 17.2 Å². The van der Waals surface area contributed by atoms with Crippen molar-refractivity contribution >= 4 is 5.91 Å². The third-order valence-corrected chi connectivity index (χ3v) is 4.81. The summed E-state index contributed by atoms with van der Waals surface area (Å²) in [5.74, 6) is 0.867. The first-order valence-electron chi connectivity index (χ1n) is 9.64. The van der Waals surface area contributed by atoms with Crippen LogP contribution < -0.4 is 10.1 Å². The van der Waals surface area contributed by atoms with Crippen molar-refractivity contribution in [1.82, 2.24) is 15.5 Å². The van der Waals surface area contributed by atoms with Crippen LogP contribution in [0.15, 0.2) is 47.1 Å². The molecule has 6 nitrogen and oxygen atoms in total. The van der Waals surface area contributed by atoms with Gasteiger partial charge in [0.1, 0.15) is 5.56 Å². The molecule has 0 aliphatic rings. The van der Waals surface area contributed by atoms with Gasteiger partial charge in [-0.05, 0) is 29.9 Å². The van der Waals surface area contributed by atoms with E-state index in [1.807, 2.05) is 18.2 Å². The zero-order valence-electron chi connectivity index (χ0n) is 17.6. The lowest BCUT2D eigenvalue weighted by molar-refractivity contribution is 0.0954. The Morgan fingerprint density at radius 2 is 1.86 bits per heavy atom. The fourth-order valence-electron chi connectivity index (χ4n) is 3.04. The predicted octanol–water partition coefficient (Wildman–Crippen LogP) is 4.32. The number of hydrogen-bond acceptors (Lipinski definition) is 5. The fraction of sp³-hybridized carbons (Fsp3) is 0.348. The summed E-state index contributed by atoms with van der Waals surface area (Å²) in [7, 11) is 1.58. The molecule has 0 radical (unpaired) electrons. The van der Waals surface area contributed by atoms with E-state index in [-0.39, 0.29) is 11.3 Å². The third-order valence-electron chi connectivity index (χ3n) is 4.81. The first-order valence-corrected chi connectivity index (χ1v) is 9.64. The normalized spacial score (nSPS) is 11.3. The second kappa shape index (κ2) is 8.47. The Balaban J connectivity index is 1.70. The molecule has 0 saturated carbocycles. The van der Waals surface area contributed by atoms with Gasteiger partial charge >= 0.3 is 0 Å². The quantitative estimate of drug-likeness (QED) is 0.675. The second-order valence-electron chi connectivity index (χ2n) is 8.01. The first-order chi connectivity index (χ1) is 13.8. The largest absolute Gasteiger partial charge is 0.481 e. The highest BCUT2D eigenvalue weighted by Gasteiger charge is 2.22. The number of aromatic nitrogens is 2. The van der Waals surface area contributed by atoms with Crippen molar-refractivity contribution in [2.24, 2.45) is 0 Å². The molecule has 0 fully saturated rings. The molecular weight excluding hydrogens is 366 g/mol. The molecule has 1 amide bonds. The van der Waals surface area contributed by atoms with Gasteiger partial charge in [-0.1, -0.05) is 56.3 Å². The van der Waals surface area contributed by atoms with Crippen molar-refractivity contribution in [2.75, 3.05) is 13.7 Å². The Morgan fingerprint density at radius 3 is 2.45 bits per heavy atom. The van der Waals surface area contributed by atoms with E-state index in [0.717, 1.165) is 11.1 Å². The minimum absolute atomic E-state index is 0.0619. The molecule has 1 N–H and O–H groups in total. The number of rotatable bonds is 6. The van der Waals surface area contributed by atoms with E-state index < -0.39 is 0 Å². The van der Waals surface area contributed by atoms with Crippen LogP contribution in [0.1, 0.15) is 48.0 Å². The van der Waals surface area contributed by atoms with Crippen LogP contribution in [0.2, 0.25) is 0 Å². The molecule has 2 aromatic heterocycles. The smallest absolute Gasteiger partial charge is 0.257 e. The summed E-state index contributed by atoms with van der Waals surface area (Å²) >= 11 is 0. The number of benzene rings is 1. The number of methoxy groups -OCH3 is 1. The molecular formula is C23H27N3O3. The maximum Gasteiger partial charge on any atom is 0.257 e. The van der Waals surface area contributed by atoms with E-state index in [2.05, 4.69) is 48.4 Å². The van der Waals surface area contributed by atoms with Crippen molar-refractivity contribution in [3.63, 3.8) is 0 Å². The average Bonchev–Trinajstić information content (AvgIpc) is 3.09. The first kappa shape index (κ1) is 20.6. The minimum Gasteiger partial charge on any atom is -0.481 e. The zero-order chi connectivity index (χ0) is 21.0. The predicted molar refractivity (Wildman–Crippen MR) is 112 cm³/mol. The van der Waals surface area contributed by atoms with E-state index in [4.69, 9.17) is 9.26 Å². The lowest BCUT2D eigenvalue weighted by Crippen LogP contribution is -2.26. The number of aryl methyl sites for hydroxylation is 1. The number of carbonyl (C=O) groups is 1. The minimum atomic E-state index is -0.194. The van der Waals surface area contributed by atoms with Gasteiger partial charge in [0.2, 0.25) is 5.88 Å². The van der Waals surface area contributed by atoms with Gasteiger partial charge in [0.25, 0.3) is 5.91 Å². The van der Waals surface area contributed by atoms with Gasteiger partial charge in [-0.2, -0.15) is 0 Å². The van der Waals surface area contributed by atoms with Crippen LogP contribution in [0.4, 0.5) is 0 Å². The molecule has 0 atom stereocenters. The molecule has 1 aromatic carbocycles. The van der Waals surface area contributed by atoms with Crippen molar-refractivity contribution in [3.05, 3.63) is 65.0 Å². The Kier molecular flexibility index (Phi) is 6.01. The van der Waals surface area contributed by atoms with Crippen molar-refractivity contribution in [2.45, 2.75) is 39.5 Å². The average molecular weight is 393 g/mol. The molecule has 29 heavy (non-hydrogen) atoms. The van der Waals surface area contributed by atoms with Gasteiger partial charge in [-0.25, -0.2) is 4.98 Å². The standard InChI is InChI=1S/C23H27N3O3/c1-15-20(22(27)24-13-12-16-6-11-19(28-5)25-14-16)21(29-26-15)17-7-9-18(10-8-17)23(2,3)4/h6-11,14H,12-13H2,1-5H3,(H,24,27). The van der Waals surface area contributed by atoms with Crippen molar-refractivity contribution < 1.29 is 14.1 Å². The maximum atomic E-state index is 12.8. The van der Waals surface area contributed by atoms with E-state index >= 15 is 0 Å². The third kappa shape index (κ3) is 4.83. The van der Waals surface area contributed by atoms with Crippen LogP contribution in [-0.4, -0.2) is 29.7 Å². The molecule has 6 heteroatoms. The number of amides is 1. The molecule has 0 aliphatic carbocycles. The van der Waals surface area contributed by atoms with Crippen LogP contribution in [0.3, 0.4) is 0 Å². The van der Waals surface area contributed by atoms with E-state index in [0.29, 0.717) is 35.9 Å². The second-order valence-corrected chi connectivity index (χ2v) is 8.01. The lowest BCUT2D eigenvalue weighted by Gasteiger charge is -2.18. The van der Waals surface area contributed by atoms with Crippen molar-refractivity contribution in [1.29, 1.82) is 0 Å². The summed E-state index contributed by atoms with van der Waals surface area (Å²) in [5, 5.41) is 6.96. The van der Waals surface area contributed by atoms with Crippen LogP contribution in [0.25, 0.3) is 11.3 Å². The highest BCUT2D eigenvalue weighted by molar-refractivity contribution is 6.00. The van der Waals surface area contributed by atoms with Crippen LogP contribution in [0, 0.1) is 6.92 Å². The summed E-state index contributed by atoms with van der Waals surface area (Å²) in [5.41, 5.74) is 4.18. The molecule has 0 spiro atoms. The molecule has 0 aliphatic heterocycles. The van der Waals surface area contributed by atoms with Crippen LogP contribution in [-0.2, 0) is 11.8 Å². The number of nitrogens with zero attached hydrogens (tertiary/aromatic N) is 2. The molecule has 0 bridgehead atoms. The molecule has 0 saturated heterocycles. The lowest BCUT2D eigenvalue weighted by atomic mass is 9.86. The highest BCUT2D eigenvalue weighted by atomic mass is 16.5. The van der Waals surface area contributed by atoms with Crippen LogP contribution in [0.5, 0.6) is 5.88 Å². The number of nitrogens with one attached hydrogen (secondary N) is 1. The summed E-state index contributed by atoms with van der Waals surface area (Å²) in [6.07, 6.45) is 2.42. The number of pyridine rings is 1. The Morgan fingerprint density at radius 1 is 1.14 bits per heavy atom. The molecule has 2 heterocycles. The van der Waals surface area contributed by atoms with Gasteiger partial charge in [-0.3, -0.25) is 4.79 Å². The summed E-state index contributed by atoms with van der Waals surface area (Å²) < 4.78 is 10.5. The molecule has 152 valence electrons. The summed E-state index contributed by atoms with van der Waals surface area (Å²) in [6.45, 7) is 8.76. The van der Waals surface area contributed by atoms with Crippen LogP contribution >= 0.6 is 0 Å². The zero-order valence-corrected chi connectivity index (χ0v) is 17.6. The Hall–Kier alpha value is -3.15. The molecule has 0 unspecified atom stereocenters. The van der Waals surface area contributed by atoms with E-state index in [1.165, 1.54) is 5.56 Å². The molecule has 3 aromatic rings. The van der Waals surface area contributed by atoms with E-state index in [1.54, 1.807) is 26.3 Å². The van der Waals surface area contributed by atoms with Gasteiger partial charge in [0.05, 0.1) is 12.8 Å². The van der Waals surface area contributed by atoms with Gasteiger partial charge < -0.3 is 14.6 Å². The highest BCUT2D eigenvalue weighted by Crippen LogP contribution is 2.29. The monoisotopic (exact) mass is 393 g/mol. The van der Waals surface area contributed by atoms with Gasteiger partial charge in [0.15, 0.2) is 5.76 Å². The van der Waals surface area contributed by atoms with E-state index in [9.17, 15) is 4.79 Å². The topological polar surface area (TPSA) is 77.2 Å². The number of carbonyl (C=O) groups excluding carboxylic acids is 1. The fourth-order valence-corrected chi connectivity index (χ4v) is 3.04. The number of ether oxygens (including phenoxy) is 1. The van der Waals surface area contributed by atoms with Gasteiger partial charge in [0, 0.05) is 24.4 Å². The summed E-state index contributed by atoms with van der Waals surface area (Å²) in [4.78, 5) is 17.0. The SMILES string of the molecule is COc1ccc(CCNC(=O)c2c(C)noc2-c2ccc(C(C)(C)C)cc2)cn1. The Bertz CT molecular complexity index is 968.